The lowest BCUT2D eigenvalue weighted by Gasteiger charge is -2.16. The van der Waals surface area contributed by atoms with E-state index in [9.17, 15) is 14.9 Å². The molecule has 8 nitrogen and oxygen atoms in total. The first-order valence-electron chi connectivity index (χ1n) is 8.66. The third-order valence-corrected chi connectivity index (χ3v) is 5.60. The summed E-state index contributed by atoms with van der Waals surface area (Å²) in [6.07, 6.45) is 8.08. The van der Waals surface area contributed by atoms with Crippen LogP contribution < -0.4 is 5.32 Å². The second-order valence-electron chi connectivity index (χ2n) is 6.43. The van der Waals surface area contributed by atoms with E-state index in [0.717, 1.165) is 37.4 Å². The summed E-state index contributed by atoms with van der Waals surface area (Å²) in [6, 6.07) is 4.71. The van der Waals surface area contributed by atoms with Gasteiger partial charge in [0, 0.05) is 24.7 Å². The van der Waals surface area contributed by atoms with Crippen LogP contribution in [0.4, 0.5) is 5.69 Å². The molecule has 1 amide bonds. The fourth-order valence-corrected chi connectivity index (χ4v) is 3.89. The summed E-state index contributed by atoms with van der Waals surface area (Å²) in [5.74, 6) is -0.254. The predicted molar refractivity (Wildman–Crippen MR) is 97.2 cm³/mol. The molecule has 1 fully saturated rings. The molecule has 0 bridgehead atoms. The maximum absolute atomic E-state index is 12.5. The molecule has 2 aromatic rings. The zero-order valence-corrected chi connectivity index (χ0v) is 15.4. The molecule has 0 atom stereocenters. The van der Waals surface area contributed by atoms with Crippen molar-refractivity contribution in [1.82, 2.24) is 20.1 Å². The number of hydrogen-bond acceptors (Lipinski definition) is 6. The lowest BCUT2D eigenvalue weighted by molar-refractivity contribution is -0.387. The van der Waals surface area contributed by atoms with Crippen molar-refractivity contribution in [3.8, 4) is 0 Å². The first-order valence-corrected chi connectivity index (χ1v) is 9.47. The Balaban J connectivity index is 1.78. The molecule has 0 saturated heterocycles. The summed E-state index contributed by atoms with van der Waals surface area (Å²) in [6.45, 7) is 0. The number of nitrogens with zero attached hydrogens (tertiary/aromatic N) is 4. The first-order chi connectivity index (χ1) is 12.5. The standard InChI is InChI=1S/C17H21N5O3S/c1-21-11-18-20-17(21)26-15-9-8-12(10-14(15)22(24)25)16(23)19-13-6-4-2-3-5-7-13/h8-11,13H,2-7H2,1H3,(H,19,23). The Hall–Kier alpha value is -2.42. The van der Waals surface area contributed by atoms with Gasteiger partial charge in [0.1, 0.15) is 6.33 Å². The van der Waals surface area contributed by atoms with Crippen LogP contribution in [0.3, 0.4) is 0 Å². The fourth-order valence-electron chi connectivity index (χ4n) is 3.04. The van der Waals surface area contributed by atoms with E-state index < -0.39 is 4.92 Å². The van der Waals surface area contributed by atoms with Gasteiger partial charge in [-0.05, 0) is 36.7 Å². The first kappa shape index (κ1) is 18.4. The monoisotopic (exact) mass is 375 g/mol. The Kier molecular flexibility index (Phi) is 5.87. The molecule has 0 spiro atoms. The van der Waals surface area contributed by atoms with Crippen molar-refractivity contribution in [1.29, 1.82) is 0 Å². The van der Waals surface area contributed by atoms with Gasteiger partial charge in [0.2, 0.25) is 0 Å². The number of carbonyl (C=O) groups excluding carboxylic acids is 1. The van der Waals surface area contributed by atoms with Crippen LogP contribution in [0.15, 0.2) is 34.6 Å². The van der Waals surface area contributed by atoms with Crippen molar-refractivity contribution in [3.05, 3.63) is 40.2 Å². The van der Waals surface area contributed by atoms with E-state index in [4.69, 9.17) is 0 Å². The third-order valence-electron chi connectivity index (χ3n) is 4.48. The summed E-state index contributed by atoms with van der Waals surface area (Å²) >= 11 is 1.15. The van der Waals surface area contributed by atoms with Gasteiger partial charge in [-0.1, -0.05) is 25.7 Å². The number of nitrogens with one attached hydrogen (secondary N) is 1. The molecule has 1 aromatic heterocycles. The summed E-state index contributed by atoms with van der Waals surface area (Å²) < 4.78 is 1.68. The normalized spacial score (nSPS) is 15.4. The van der Waals surface area contributed by atoms with Gasteiger partial charge in [-0.2, -0.15) is 0 Å². The topological polar surface area (TPSA) is 103 Å². The highest BCUT2D eigenvalue weighted by atomic mass is 32.2. The molecule has 0 radical (unpaired) electrons. The molecule has 1 N–H and O–H groups in total. The Morgan fingerprint density at radius 1 is 1.31 bits per heavy atom. The van der Waals surface area contributed by atoms with Gasteiger partial charge >= 0.3 is 0 Å². The molecule has 1 heterocycles. The van der Waals surface area contributed by atoms with Gasteiger partial charge in [-0.25, -0.2) is 0 Å². The molecular weight excluding hydrogens is 354 g/mol. The molecule has 0 aliphatic heterocycles. The maximum atomic E-state index is 12.5. The number of aromatic nitrogens is 3. The third kappa shape index (κ3) is 4.40. The highest BCUT2D eigenvalue weighted by Crippen LogP contribution is 2.34. The van der Waals surface area contributed by atoms with Crippen molar-refractivity contribution in [2.45, 2.75) is 54.6 Å². The second-order valence-corrected chi connectivity index (χ2v) is 7.44. The van der Waals surface area contributed by atoms with E-state index in [1.807, 2.05) is 0 Å². The number of carbonyl (C=O) groups is 1. The molecule has 1 aromatic carbocycles. The number of rotatable bonds is 5. The van der Waals surface area contributed by atoms with Crippen molar-refractivity contribution >= 4 is 23.4 Å². The Labute approximate surface area is 155 Å². The van der Waals surface area contributed by atoms with Gasteiger partial charge in [0.25, 0.3) is 11.6 Å². The van der Waals surface area contributed by atoms with Crippen molar-refractivity contribution < 1.29 is 9.72 Å². The molecule has 3 rings (SSSR count). The lowest BCUT2D eigenvalue weighted by atomic mass is 10.1. The van der Waals surface area contributed by atoms with Crippen LogP contribution in [0, 0.1) is 10.1 Å². The summed E-state index contributed by atoms with van der Waals surface area (Å²) in [7, 11) is 1.77. The maximum Gasteiger partial charge on any atom is 0.284 e. The Bertz CT molecular complexity index is 799. The molecule has 9 heteroatoms. The molecule has 1 aliphatic rings. The quantitative estimate of drug-likeness (QED) is 0.488. The van der Waals surface area contributed by atoms with Gasteiger partial charge in [-0.3, -0.25) is 14.9 Å². The van der Waals surface area contributed by atoms with Crippen molar-refractivity contribution in [2.24, 2.45) is 7.05 Å². The fraction of sp³-hybridized carbons (Fsp3) is 0.471. The van der Waals surface area contributed by atoms with Crippen LogP contribution in [0.1, 0.15) is 48.9 Å². The average molecular weight is 375 g/mol. The van der Waals surface area contributed by atoms with Crippen LogP contribution in [0.25, 0.3) is 0 Å². The van der Waals surface area contributed by atoms with Crippen LogP contribution in [-0.4, -0.2) is 31.6 Å². The van der Waals surface area contributed by atoms with E-state index in [1.54, 1.807) is 23.7 Å². The van der Waals surface area contributed by atoms with E-state index in [0.29, 0.717) is 15.6 Å². The predicted octanol–water partition coefficient (Wildman–Crippen LogP) is 3.33. The molecule has 138 valence electrons. The second kappa shape index (κ2) is 8.31. The summed E-state index contributed by atoms with van der Waals surface area (Å²) in [5.41, 5.74) is 0.203. The average Bonchev–Trinajstić information content (AvgIpc) is 2.86. The Morgan fingerprint density at radius 2 is 2.04 bits per heavy atom. The van der Waals surface area contributed by atoms with Crippen LogP contribution in [0.5, 0.6) is 0 Å². The Morgan fingerprint density at radius 3 is 2.65 bits per heavy atom. The van der Waals surface area contributed by atoms with E-state index in [2.05, 4.69) is 15.5 Å². The highest BCUT2D eigenvalue weighted by molar-refractivity contribution is 7.99. The molecule has 1 aliphatic carbocycles. The van der Waals surface area contributed by atoms with Gasteiger partial charge in [-0.15, -0.1) is 10.2 Å². The van der Waals surface area contributed by atoms with E-state index >= 15 is 0 Å². The zero-order valence-electron chi connectivity index (χ0n) is 14.6. The number of aryl methyl sites for hydroxylation is 1. The minimum absolute atomic E-state index is 0.105. The molecule has 0 unspecified atom stereocenters. The summed E-state index contributed by atoms with van der Waals surface area (Å²) in [4.78, 5) is 23.9. The number of benzene rings is 1. The van der Waals surface area contributed by atoms with Crippen LogP contribution in [-0.2, 0) is 7.05 Å². The lowest BCUT2D eigenvalue weighted by Crippen LogP contribution is -2.34. The molecule has 1 saturated carbocycles. The van der Waals surface area contributed by atoms with Gasteiger partial charge < -0.3 is 9.88 Å². The van der Waals surface area contributed by atoms with Gasteiger partial charge in [0.15, 0.2) is 5.16 Å². The SMILES string of the molecule is Cn1cnnc1Sc1ccc(C(=O)NC2CCCCCC2)cc1[N+](=O)[O-]. The number of amides is 1. The minimum Gasteiger partial charge on any atom is -0.349 e. The van der Waals surface area contributed by atoms with Crippen LogP contribution in [0.2, 0.25) is 0 Å². The molecule has 26 heavy (non-hydrogen) atoms. The highest BCUT2D eigenvalue weighted by Gasteiger charge is 2.21. The van der Waals surface area contributed by atoms with E-state index in [-0.39, 0.29) is 17.6 Å². The number of nitro groups is 1. The van der Waals surface area contributed by atoms with Crippen molar-refractivity contribution in [3.63, 3.8) is 0 Å². The largest absolute Gasteiger partial charge is 0.349 e. The van der Waals surface area contributed by atoms with Crippen LogP contribution >= 0.6 is 11.8 Å². The van der Waals surface area contributed by atoms with Gasteiger partial charge in [0.05, 0.1) is 9.82 Å². The van der Waals surface area contributed by atoms with Crippen molar-refractivity contribution in [2.75, 3.05) is 0 Å². The zero-order chi connectivity index (χ0) is 18.5. The number of hydrogen-bond donors (Lipinski definition) is 1. The minimum atomic E-state index is -0.471. The summed E-state index contributed by atoms with van der Waals surface area (Å²) in [5, 5.41) is 22.7. The number of nitro benzene ring substituents is 1. The smallest absolute Gasteiger partial charge is 0.284 e. The van der Waals surface area contributed by atoms with E-state index in [1.165, 1.54) is 25.2 Å². The molecular formula is C17H21N5O3S.